The summed E-state index contributed by atoms with van der Waals surface area (Å²) in [5, 5.41) is 3.47. The normalized spacial score (nSPS) is 12.8. The average Bonchev–Trinajstić information content (AvgIpc) is 2.16. The molecule has 3 N–H and O–H groups in total. The molecule has 1 atom stereocenters. The molecule has 0 aromatic heterocycles. The van der Waals surface area contributed by atoms with Crippen molar-refractivity contribution in [2.75, 3.05) is 12.8 Å². The van der Waals surface area contributed by atoms with Crippen LogP contribution in [0.15, 0.2) is 18.2 Å². The number of nitrogens with two attached hydrogens (primary N) is 1. The van der Waals surface area contributed by atoms with E-state index in [2.05, 4.69) is 32.2 Å². The monoisotopic (exact) mass is 222 g/mol. The van der Waals surface area contributed by atoms with Crippen LogP contribution in [0, 0.1) is 0 Å². The Morgan fingerprint density at radius 3 is 2.50 bits per heavy atom. The highest BCUT2D eigenvalue weighted by molar-refractivity contribution is 5.54. The van der Waals surface area contributed by atoms with Crippen LogP contribution in [0.5, 0.6) is 5.75 Å². The summed E-state index contributed by atoms with van der Waals surface area (Å²) in [6.07, 6.45) is 0.979. The number of benzene rings is 1. The smallest absolute Gasteiger partial charge is 0.141 e. The number of anilines is 1. The zero-order valence-electron chi connectivity index (χ0n) is 10.6. The van der Waals surface area contributed by atoms with Gasteiger partial charge in [0.15, 0.2) is 0 Å². The summed E-state index contributed by atoms with van der Waals surface area (Å²) in [5.74, 6) is 0.744. The molecule has 0 aliphatic carbocycles. The van der Waals surface area contributed by atoms with E-state index < -0.39 is 0 Å². The maximum Gasteiger partial charge on any atom is 0.141 e. The molecule has 1 unspecified atom stereocenters. The van der Waals surface area contributed by atoms with E-state index in [-0.39, 0.29) is 0 Å². The minimum absolute atomic E-state index is 0.452. The van der Waals surface area contributed by atoms with E-state index in [1.807, 2.05) is 12.1 Å². The molecule has 0 aliphatic heterocycles. The van der Waals surface area contributed by atoms with Gasteiger partial charge in [-0.25, -0.2) is 0 Å². The predicted molar refractivity (Wildman–Crippen MR) is 68.8 cm³/mol. The van der Waals surface area contributed by atoms with Crippen molar-refractivity contribution in [1.82, 2.24) is 5.32 Å². The Bertz CT molecular complexity index is 337. The van der Waals surface area contributed by atoms with E-state index in [1.165, 1.54) is 5.56 Å². The average molecular weight is 222 g/mol. The van der Waals surface area contributed by atoms with E-state index in [1.54, 1.807) is 7.11 Å². The number of rotatable bonds is 5. The largest absolute Gasteiger partial charge is 0.495 e. The Hall–Kier alpha value is -1.22. The summed E-state index contributed by atoms with van der Waals surface area (Å²) in [7, 11) is 1.63. The summed E-state index contributed by atoms with van der Waals surface area (Å²) in [6, 6.07) is 6.93. The van der Waals surface area contributed by atoms with Gasteiger partial charge < -0.3 is 15.8 Å². The van der Waals surface area contributed by atoms with Gasteiger partial charge in [-0.15, -0.1) is 0 Å². The second-order valence-electron chi connectivity index (χ2n) is 4.50. The Morgan fingerprint density at radius 2 is 2.00 bits per heavy atom. The summed E-state index contributed by atoms with van der Waals surface area (Å²) in [6.45, 7) is 6.48. The molecule has 3 heteroatoms. The fraction of sp³-hybridized carbons (Fsp3) is 0.538. The summed E-state index contributed by atoms with van der Waals surface area (Å²) >= 11 is 0. The number of nitrogens with one attached hydrogen (secondary N) is 1. The number of ether oxygens (including phenoxy) is 1. The molecule has 16 heavy (non-hydrogen) atoms. The second kappa shape index (κ2) is 5.75. The Kier molecular flexibility index (Phi) is 4.62. The van der Waals surface area contributed by atoms with Gasteiger partial charge in [-0.05, 0) is 31.0 Å². The standard InChI is InChI=1S/C13H22N2O/c1-9(2)15-10(3)7-11-5-6-13(16-4)12(14)8-11/h5-6,8-10,15H,7,14H2,1-4H3. The summed E-state index contributed by atoms with van der Waals surface area (Å²) in [5.41, 5.74) is 7.80. The van der Waals surface area contributed by atoms with Crippen molar-refractivity contribution in [3.05, 3.63) is 23.8 Å². The van der Waals surface area contributed by atoms with Crippen LogP contribution in [0.2, 0.25) is 0 Å². The van der Waals surface area contributed by atoms with Crippen molar-refractivity contribution in [3.8, 4) is 5.75 Å². The molecule has 0 spiro atoms. The molecule has 1 rings (SSSR count). The third-order valence-corrected chi connectivity index (χ3v) is 2.45. The highest BCUT2D eigenvalue weighted by atomic mass is 16.5. The lowest BCUT2D eigenvalue weighted by Gasteiger charge is -2.17. The van der Waals surface area contributed by atoms with Crippen LogP contribution in [-0.2, 0) is 6.42 Å². The lowest BCUT2D eigenvalue weighted by molar-refractivity contribution is 0.416. The van der Waals surface area contributed by atoms with Gasteiger partial charge in [-0.2, -0.15) is 0 Å². The van der Waals surface area contributed by atoms with Crippen LogP contribution < -0.4 is 15.8 Å². The summed E-state index contributed by atoms with van der Waals surface area (Å²) < 4.78 is 5.13. The van der Waals surface area contributed by atoms with E-state index in [0.717, 1.165) is 12.2 Å². The molecule has 1 aromatic rings. The van der Waals surface area contributed by atoms with Gasteiger partial charge in [0.1, 0.15) is 5.75 Å². The van der Waals surface area contributed by atoms with Gasteiger partial charge in [0.2, 0.25) is 0 Å². The number of nitrogen functional groups attached to an aromatic ring is 1. The van der Waals surface area contributed by atoms with Crippen molar-refractivity contribution in [2.45, 2.75) is 39.3 Å². The quantitative estimate of drug-likeness (QED) is 0.751. The zero-order chi connectivity index (χ0) is 12.1. The molecule has 3 nitrogen and oxygen atoms in total. The number of hydrogen-bond donors (Lipinski definition) is 2. The third-order valence-electron chi connectivity index (χ3n) is 2.45. The van der Waals surface area contributed by atoms with Gasteiger partial charge in [0, 0.05) is 12.1 Å². The number of hydrogen-bond acceptors (Lipinski definition) is 3. The van der Waals surface area contributed by atoms with Crippen LogP contribution in [-0.4, -0.2) is 19.2 Å². The van der Waals surface area contributed by atoms with Crippen LogP contribution in [0.3, 0.4) is 0 Å². The summed E-state index contributed by atoms with van der Waals surface area (Å²) in [4.78, 5) is 0. The Labute approximate surface area is 98.0 Å². The second-order valence-corrected chi connectivity index (χ2v) is 4.50. The van der Waals surface area contributed by atoms with Crippen molar-refractivity contribution in [3.63, 3.8) is 0 Å². The van der Waals surface area contributed by atoms with Crippen LogP contribution in [0.25, 0.3) is 0 Å². The lowest BCUT2D eigenvalue weighted by Crippen LogP contribution is -2.33. The molecular weight excluding hydrogens is 200 g/mol. The minimum Gasteiger partial charge on any atom is -0.495 e. The first-order valence-corrected chi connectivity index (χ1v) is 5.71. The SMILES string of the molecule is COc1ccc(CC(C)NC(C)C)cc1N. The van der Waals surface area contributed by atoms with Crippen molar-refractivity contribution >= 4 is 5.69 Å². The molecule has 0 saturated heterocycles. The highest BCUT2D eigenvalue weighted by Gasteiger charge is 2.06. The topological polar surface area (TPSA) is 47.3 Å². The molecule has 0 amide bonds. The zero-order valence-corrected chi connectivity index (χ0v) is 10.6. The molecule has 0 radical (unpaired) electrons. The van der Waals surface area contributed by atoms with Crippen molar-refractivity contribution in [1.29, 1.82) is 0 Å². The van der Waals surface area contributed by atoms with Gasteiger partial charge in [0.05, 0.1) is 12.8 Å². The first-order chi connectivity index (χ1) is 7.52. The maximum atomic E-state index is 5.86. The highest BCUT2D eigenvalue weighted by Crippen LogP contribution is 2.22. The van der Waals surface area contributed by atoms with E-state index in [4.69, 9.17) is 10.5 Å². The van der Waals surface area contributed by atoms with E-state index in [9.17, 15) is 0 Å². The fourth-order valence-corrected chi connectivity index (χ4v) is 1.89. The maximum absolute atomic E-state index is 5.86. The van der Waals surface area contributed by atoms with Gasteiger partial charge in [-0.3, -0.25) is 0 Å². The van der Waals surface area contributed by atoms with Crippen LogP contribution >= 0.6 is 0 Å². The Balaban J connectivity index is 2.64. The Morgan fingerprint density at radius 1 is 1.31 bits per heavy atom. The minimum atomic E-state index is 0.452. The van der Waals surface area contributed by atoms with E-state index in [0.29, 0.717) is 17.8 Å². The van der Waals surface area contributed by atoms with Gasteiger partial charge >= 0.3 is 0 Å². The molecule has 0 fully saturated rings. The fourth-order valence-electron chi connectivity index (χ4n) is 1.89. The molecule has 0 saturated carbocycles. The van der Waals surface area contributed by atoms with Gasteiger partial charge in [-0.1, -0.05) is 19.9 Å². The number of methoxy groups -OCH3 is 1. The predicted octanol–water partition coefficient (Wildman–Crippen LogP) is 2.21. The molecule has 0 bridgehead atoms. The molecule has 0 aliphatic rings. The van der Waals surface area contributed by atoms with Crippen LogP contribution in [0.1, 0.15) is 26.3 Å². The first-order valence-electron chi connectivity index (χ1n) is 5.71. The van der Waals surface area contributed by atoms with Gasteiger partial charge in [0.25, 0.3) is 0 Å². The molecule has 90 valence electrons. The van der Waals surface area contributed by atoms with Crippen molar-refractivity contribution < 1.29 is 4.74 Å². The third kappa shape index (κ3) is 3.74. The lowest BCUT2D eigenvalue weighted by atomic mass is 10.1. The molecule has 1 aromatic carbocycles. The first kappa shape index (κ1) is 12.8. The van der Waals surface area contributed by atoms with Crippen LogP contribution in [0.4, 0.5) is 5.69 Å². The molecule has 0 heterocycles. The van der Waals surface area contributed by atoms with E-state index >= 15 is 0 Å². The molecular formula is C13H22N2O. The van der Waals surface area contributed by atoms with Crippen molar-refractivity contribution in [2.24, 2.45) is 0 Å².